The SMILES string of the molecule is C=CC(OC(=O)C(c1ccc(Cl)cc1)C(C)C)c1ccc(OC(C)=O)c(OC)c1. The number of methoxy groups -OCH3 is 1. The number of rotatable bonds is 8. The summed E-state index contributed by atoms with van der Waals surface area (Å²) in [6, 6.07) is 12.1. The zero-order valence-corrected chi connectivity index (χ0v) is 17.7. The summed E-state index contributed by atoms with van der Waals surface area (Å²) < 4.78 is 16.2. The number of carbonyl (C=O) groups excluding carboxylic acids is 2. The standard InChI is InChI=1S/C23H25ClO5/c1-6-19(17-9-12-20(28-15(4)25)21(13-17)27-5)29-23(26)22(14(2)3)16-7-10-18(24)11-8-16/h6-14,19,22H,1H2,2-5H3. The number of esters is 2. The lowest BCUT2D eigenvalue weighted by molar-refractivity contribution is -0.150. The minimum atomic E-state index is -0.684. The number of hydrogen-bond acceptors (Lipinski definition) is 5. The maximum atomic E-state index is 13.0. The molecule has 0 fully saturated rings. The van der Waals surface area contributed by atoms with Crippen LogP contribution in [0.4, 0.5) is 0 Å². The Hall–Kier alpha value is -2.79. The first-order valence-electron chi connectivity index (χ1n) is 9.21. The Kier molecular flexibility index (Phi) is 7.85. The first kappa shape index (κ1) is 22.5. The predicted molar refractivity (Wildman–Crippen MR) is 112 cm³/mol. The van der Waals surface area contributed by atoms with Gasteiger partial charge in [0.25, 0.3) is 0 Å². The van der Waals surface area contributed by atoms with Crippen LogP contribution in [0.5, 0.6) is 11.5 Å². The highest BCUT2D eigenvalue weighted by atomic mass is 35.5. The lowest BCUT2D eigenvalue weighted by Gasteiger charge is -2.23. The monoisotopic (exact) mass is 416 g/mol. The lowest BCUT2D eigenvalue weighted by atomic mass is 9.88. The van der Waals surface area contributed by atoms with E-state index in [9.17, 15) is 9.59 Å². The van der Waals surface area contributed by atoms with Crippen molar-refractivity contribution in [2.24, 2.45) is 5.92 Å². The molecular formula is C23H25ClO5. The van der Waals surface area contributed by atoms with E-state index < -0.39 is 18.0 Å². The van der Waals surface area contributed by atoms with Crippen molar-refractivity contribution in [2.75, 3.05) is 7.11 Å². The molecule has 0 aliphatic carbocycles. The predicted octanol–water partition coefficient (Wildman–Crippen LogP) is 5.48. The molecular weight excluding hydrogens is 392 g/mol. The van der Waals surface area contributed by atoms with E-state index in [1.165, 1.54) is 20.1 Å². The smallest absolute Gasteiger partial charge is 0.314 e. The summed E-state index contributed by atoms with van der Waals surface area (Å²) in [4.78, 5) is 24.2. The Balaban J connectivity index is 2.27. The van der Waals surface area contributed by atoms with Crippen molar-refractivity contribution in [3.05, 3.63) is 71.3 Å². The molecule has 0 amide bonds. The molecule has 0 bridgehead atoms. The van der Waals surface area contributed by atoms with Gasteiger partial charge in [-0.1, -0.05) is 50.2 Å². The van der Waals surface area contributed by atoms with Gasteiger partial charge < -0.3 is 14.2 Å². The van der Waals surface area contributed by atoms with Crippen molar-refractivity contribution in [1.29, 1.82) is 0 Å². The van der Waals surface area contributed by atoms with E-state index in [0.717, 1.165) is 5.56 Å². The second-order valence-electron chi connectivity index (χ2n) is 6.87. The van der Waals surface area contributed by atoms with Gasteiger partial charge in [0, 0.05) is 17.5 Å². The summed E-state index contributed by atoms with van der Waals surface area (Å²) in [5.74, 6) is -0.592. The van der Waals surface area contributed by atoms with Gasteiger partial charge in [-0.15, -0.1) is 0 Å². The number of hydrogen-bond donors (Lipinski definition) is 0. The quantitative estimate of drug-likeness (QED) is 0.323. The van der Waals surface area contributed by atoms with E-state index in [0.29, 0.717) is 22.1 Å². The maximum absolute atomic E-state index is 13.0. The van der Waals surface area contributed by atoms with Gasteiger partial charge in [0.05, 0.1) is 13.0 Å². The van der Waals surface area contributed by atoms with Crippen LogP contribution in [0.25, 0.3) is 0 Å². The topological polar surface area (TPSA) is 61.8 Å². The third kappa shape index (κ3) is 5.84. The van der Waals surface area contributed by atoms with Gasteiger partial charge in [0.2, 0.25) is 0 Å². The summed E-state index contributed by atoms with van der Waals surface area (Å²) in [5, 5.41) is 0.605. The van der Waals surface area contributed by atoms with Crippen LogP contribution >= 0.6 is 11.6 Å². The van der Waals surface area contributed by atoms with Crippen LogP contribution in [0.3, 0.4) is 0 Å². The Bertz CT molecular complexity index is 873. The van der Waals surface area contributed by atoms with Crippen molar-refractivity contribution >= 4 is 23.5 Å². The number of halogens is 1. The molecule has 2 aromatic carbocycles. The van der Waals surface area contributed by atoms with Crippen molar-refractivity contribution in [1.82, 2.24) is 0 Å². The molecule has 0 aromatic heterocycles. The molecule has 0 aliphatic heterocycles. The third-order valence-corrected chi connectivity index (χ3v) is 4.63. The Morgan fingerprint density at radius 2 is 1.66 bits per heavy atom. The first-order valence-corrected chi connectivity index (χ1v) is 9.59. The summed E-state index contributed by atoms with van der Waals surface area (Å²) in [5.41, 5.74) is 1.49. The van der Waals surface area contributed by atoms with E-state index >= 15 is 0 Å². The van der Waals surface area contributed by atoms with Crippen LogP contribution in [-0.2, 0) is 14.3 Å². The fourth-order valence-electron chi connectivity index (χ4n) is 3.01. The molecule has 0 radical (unpaired) electrons. The second kappa shape index (κ2) is 10.1. The second-order valence-corrected chi connectivity index (χ2v) is 7.31. The van der Waals surface area contributed by atoms with Crippen molar-refractivity contribution < 1.29 is 23.8 Å². The molecule has 0 spiro atoms. The summed E-state index contributed by atoms with van der Waals surface area (Å²) in [6.07, 6.45) is 0.855. The van der Waals surface area contributed by atoms with Crippen molar-refractivity contribution in [3.8, 4) is 11.5 Å². The van der Waals surface area contributed by atoms with E-state index in [-0.39, 0.29) is 11.9 Å². The summed E-state index contributed by atoms with van der Waals surface area (Å²) in [6.45, 7) is 9.01. The lowest BCUT2D eigenvalue weighted by Crippen LogP contribution is -2.22. The molecule has 2 aromatic rings. The van der Waals surface area contributed by atoms with Gasteiger partial charge in [-0.25, -0.2) is 0 Å². The molecule has 0 saturated heterocycles. The minimum Gasteiger partial charge on any atom is -0.493 e. The van der Waals surface area contributed by atoms with Gasteiger partial charge in [-0.2, -0.15) is 0 Å². The van der Waals surface area contributed by atoms with Crippen LogP contribution in [-0.4, -0.2) is 19.0 Å². The summed E-state index contributed by atoms with van der Waals surface area (Å²) in [7, 11) is 1.47. The van der Waals surface area contributed by atoms with Crippen LogP contribution in [0.15, 0.2) is 55.1 Å². The molecule has 5 nitrogen and oxygen atoms in total. The van der Waals surface area contributed by atoms with Crippen LogP contribution in [0.2, 0.25) is 5.02 Å². The fourth-order valence-corrected chi connectivity index (χ4v) is 3.14. The molecule has 154 valence electrons. The third-order valence-electron chi connectivity index (χ3n) is 4.38. The highest BCUT2D eigenvalue weighted by Gasteiger charge is 2.28. The van der Waals surface area contributed by atoms with Gasteiger partial charge >= 0.3 is 11.9 Å². The van der Waals surface area contributed by atoms with E-state index in [1.54, 1.807) is 30.3 Å². The molecule has 6 heteroatoms. The maximum Gasteiger partial charge on any atom is 0.314 e. The highest BCUT2D eigenvalue weighted by Crippen LogP contribution is 2.34. The van der Waals surface area contributed by atoms with Crippen molar-refractivity contribution in [3.63, 3.8) is 0 Å². The van der Waals surface area contributed by atoms with Gasteiger partial charge in [0.15, 0.2) is 11.5 Å². The zero-order chi connectivity index (χ0) is 21.6. The fraction of sp³-hybridized carbons (Fsp3) is 0.304. The van der Waals surface area contributed by atoms with Crippen LogP contribution < -0.4 is 9.47 Å². The average Bonchev–Trinajstić information content (AvgIpc) is 2.67. The Morgan fingerprint density at radius 1 is 1.03 bits per heavy atom. The van der Waals surface area contributed by atoms with Gasteiger partial charge in [-0.05, 0) is 41.8 Å². The molecule has 0 aliphatic rings. The molecule has 2 atom stereocenters. The zero-order valence-electron chi connectivity index (χ0n) is 17.0. The van der Waals surface area contributed by atoms with Crippen LogP contribution in [0.1, 0.15) is 43.9 Å². The molecule has 2 unspecified atom stereocenters. The molecule has 0 heterocycles. The van der Waals surface area contributed by atoms with Gasteiger partial charge in [0.1, 0.15) is 6.10 Å². The van der Waals surface area contributed by atoms with Crippen molar-refractivity contribution in [2.45, 2.75) is 32.8 Å². The molecule has 2 rings (SSSR count). The number of benzene rings is 2. The Morgan fingerprint density at radius 3 is 2.17 bits per heavy atom. The average molecular weight is 417 g/mol. The normalized spacial score (nSPS) is 12.8. The van der Waals surface area contributed by atoms with E-state index in [1.807, 2.05) is 26.0 Å². The van der Waals surface area contributed by atoms with E-state index in [2.05, 4.69) is 6.58 Å². The van der Waals surface area contributed by atoms with Crippen LogP contribution in [0, 0.1) is 5.92 Å². The Labute approximate surface area is 176 Å². The molecule has 0 saturated carbocycles. The molecule has 0 N–H and O–H groups in total. The largest absolute Gasteiger partial charge is 0.493 e. The van der Waals surface area contributed by atoms with E-state index in [4.69, 9.17) is 25.8 Å². The number of ether oxygens (including phenoxy) is 3. The number of carbonyl (C=O) groups is 2. The summed E-state index contributed by atoms with van der Waals surface area (Å²) >= 11 is 5.96. The molecule has 29 heavy (non-hydrogen) atoms. The highest BCUT2D eigenvalue weighted by molar-refractivity contribution is 6.30. The minimum absolute atomic E-state index is 0.0232. The first-order chi connectivity index (χ1) is 13.8. The van der Waals surface area contributed by atoms with Gasteiger partial charge in [-0.3, -0.25) is 9.59 Å².